The van der Waals surface area contributed by atoms with Gasteiger partial charge in [-0.3, -0.25) is 9.63 Å². The standard InChI is InChI=1S/C19H19N3O3S/c1-3-24-21-18(23)15-5-4-6-16(12-15)25-19-20-17(22-26-19)11-14-9-7-13(2)8-10-14/h4-10,12H,3,11H2,1-2H3,(H,21,23). The lowest BCUT2D eigenvalue weighted by atomic mass is 10.1. The van der Waals surface area contributed by atoms with Crippen molar-refractivity contribution in [1.82, 2.24) is 14.8 Å². The Morgan fingerprint density at radius 3 is 2.77 bits per heavy atom. The minimum Gasteiger partial charge on any atom is -0.430 e. The molecule has 0 bridgehead atoms. The summed E-state index contributed by atoms with van der Waals surface area (Å²) in [5, 5.41) is 0.439. The fraction of sp³-hybridized carbons (Fsp3) is 0.211. The van der Waals surface area contributed by atoms with E-state index in [0.717, 1.165) is 5.56 Å². The van der Waals surface area contributed by atoms with Gasteiger partial charge < -0.3 is 4.74 Å². The second kappa shape index (κ2) is 8.55. The zero-order valence-electron chi connectivity index (χ0n) is 14.6. The number of nitrogens with zero attached hydrogens (tertiary/aromatic N) is 2. The Bertz CT molecular complexity index is 878. The molecule has 1 aromatic heterocycles. The smallest absolute Gasteiger partial charge is 0.298 e. The number of ether oxygens (including phenoxy) is 1. The monoisotopic (exact) mass is 369 g/mol. The molecule has 3 rings (SSSR count). The van der Waals surface area contributed by atoms with Crippen LogP contribution in [0.2, 0.25) is 0 Å². The van der Waals surface area contributed by atoms with Crippen LogP contribution in [0.1, 0.15) is 34.2 Å². The van der Waals surface area contributed by atoms with E-state index in [1.54, 1.807) is 31.2 Å². The van der Waals surface area contributed by atoms with E-state index in [1.807, 2.05) is 0 Å². The van der Waals surface area contributed by atoms with Crippen LogP contribution in [0.15, 0.2) is 48.5 Å². The van der Waals surface area contributed by atoms with Gasteiger partial charge >= 0.3 is 0 Å². The summed E-state index contributed by atoms with van der Waals surface area (Å²) in [6.07, 6.45) is 0.650. The predicted molar refractivity (Wildman–Crippen MR) is 99.5 cm³/mol. The number of benzene rings is 2. The van der Waals surface area contributed by atoms with Crippen LogP contribution in [-0.2, 0) is 11.3 Å². The first-order valence-corrected chi connectivity index (χ1v) is 8.99. The molecule has 0 aliphatic rings. The van der Waals surface area contributed by atoms with Crippen molar-refractivity contribution in [2.45, 2.75) is 20.3 Å². The summed E-state index contributed by atoms with van der Waals surface area (Å²) in [5.74, 6) is 0.904. The van der Waals surface area contributed by atoms with Gasteiger partial charge in [-0.25, -0.2) is 5.48 Å². The Hall–Kier alpha value is -2.77. The van der Waals surface area contributed by atoms with Gasteiger partial charge in [-0.1, -0.05) is 35.9 Å². The van der Waals surface area contributed by atoms with Crippen molar-refractivity contribution in [1.29, 1.82) is 0 Å². The summed E-state index contributed by atoms with van der Waals surface area (Å²) in [4.78, 5) is 21.2. The van der Waals surface area contributed by atoms with Gasteiger partial charge in [0, 0.05) is 23.5 Å². The van der Waals surface area contributed by atoms with Crippen LogP contribution in [0.5, 0.6) is 10.9 Å². The van der Waals surface area contributed by atoms with Crippen LogP contribution in [0.4, 0.5) is 0 Å². The van der Waals surface area contributed by atoms with Gasteiger partial charge in [-0.2, -0.15) is 9.36 Å². The molecule has 0 saturated carbocycles. The number of aromatic nitrogens is 2. The van der Waals surface area contributed by atoms with Crippen molar-refractivity contribution >= 4 is 17.4 Å². The third-order valence-corrected chi connectivity index (χ3v) is 4.18. The molecule has 0 atom stereocenters. The summed E-state index contributed by atoms with van der Waals surface area (Å²) in [6, 6.07) is 15.1. The number of carbonyl (C=O) groups excluding carboxylic acids is 1. The Kier molecular flexibility index (Phi) is 5.93. The first-order chi connectivity index (χ1) is 12.6. The summed E-state index contributed by atoms with van der Waals surface area (Å²) in [5.41, 5.74) is 5.17. The topological polar surface area (TPSA) is 73.3 Å². The highest BCUT2D eigenvalue weighted by Gasteiger charge is 2.10. The van der Waals surface area contributed by atoms with E-state index in [2.05, 4.69) is 46.0 Å². The largest absolute Gasteiger partial charge is 0.430 e. The van der Waals surface area contributed by atoms with Crippen molar-refractivity contribution in [3.05, 3.63) is 71.0 Å². The SMILES string of the molecule is CCONC(=O)c1cccc(Oc2nc(Cc3ccc(C)cc3)ns2)c1. The number of hydrogen-bond acceptors (Lipinski definition) is 6. The van der Waals surface area contributed by atoms with E-state index in [-0.39, 0.29) is 5.91 Å². The van der Waals surface area contributed by atoms with Crippen LogP contribution < -0.4 is 10.2 Å². The third-order valence-electron chi connectivity index (χ3n) is 3.54. The fourth-order valence-electron chi connectivity index (χ4n) is 2.24. The number of amides is 1. The summed E-state index contributed by atoms with van der Waals surface area (Å²) in [7, 11) is 0. The molecule has 1 amide bonds. The minimum atomic E-state index is -0.324. The molecule has 7 heteroatoms. The second-order valence-electron chi connectivity index (χ2n) is 5.63. The van der Waals surface area contributed by atoms with Crippen molar-refractivity contribution in [2.24, 2.45) is 0 Å². The molecule has 0 radical (unpaired) electrons. The van der Waals surface area contributed by atoms with Gasteiger partial charge in [0.05, 0.1) is 6.61 Å². The van der Waals surface area contributed by atoms with Crippen LogP contribution in [0.25, 0.3) is 0 Å². The molecule has 26 heavy (non-hydrogen) atoms. The average Bonchev–Trinajstić information content (AvgIpc) is 3.08. The van der Waals surface area contributed by atoms with E-state index >= 15 is 0 Å². The Labute approximate surface area is 155 Å². The lowest BCUT2D eigenvalue weighted by molar-refractivity contribution is 0.0364. The number of carbonyl (C=O) groups is 1. The predicted octanol–water partition coefficient (Wildman–Crippen LogP) is 3.91. The lowest BCUT2D eigenvalue weighted by Gasteiger charge is -2.05. The van der Waals surface area contributed by atoms with Crippen molar-refractivity contribution < 1.29 is 14.4 Å². The van der Waals surface area contributed by atoms with E-state index in [4.69, 9.17) is 9.57 Å². The van der Waals surface area contributed by atoms with E-state index < -0.39 is 0 Å². The molecular weight excluding hydrogens is 350 g/mol. The van der Waals surface area contributed by atoms with Crippen LogP contribution in [0.3, 0.4) is 0 Å². The number of hydrogen-bond donors (Lipinski definition) is 1. The maximum absolute atomic E-state index is 11.9. The molecule has 1 heterocycles. The fourth-order valence-corrected chi connectivity index (χ4v) is 2.81. The molecule has 134 valence electrons. The van der Waals surface area contributed by atoms with Gasteiger partial charge in [0.2, 0.25) is 0 Å². The quantitative estimate of drug-likeness (QED) is 0.639. The zero-order chi connectivity index (χ0) is 18.4. The average molecular weight is 369 g/mol. The van der Waals surface area contributed by atoms with Crippen molar-refractivity contribution in [2.75, 3.05) is 6.61 Å². The number of aryl methyl sites for hydroxylation is 1. The maximum atomic E-state index is 11.9. The van der Waals surface area contributed by atoms with Crippen molar-refractivity contribution in [3.63, 3.8) is 0 Å². The molecule has 0 aliphatic heterocycles. The highest BCUT2D eigenvalue weighted by molar-refractivity contribution is 7.07. The summed E-state index contributed by atoms with van der Waals surface area (Å²) >= 11 is 1.19. The maximum Gasteiger partial charge on any atom is 0.298 e. The second-order valence-corrected chi connectivity index (χ2v) is 6.35. The van der Waals surface area contributed by atoms with Crippen LogP contribution in [-0.4, -0.2) is 21.9 Å². The summed E-state index contributed by atoms with van der Waals surface area (Å²) in [6.45, 7) is 4.25. The van der Waals surface area contributed by atoms with Crippen LogP contribution in [0, 0.1) is 6.92 Å². The Morgan fingerprint density at radius 1 is 1.19 bits per heavy atom. The molecule has 0 saturated heterocycles. The number of hydroxylamine groups is 1. The number of rotatable bonds is 7. The Morgan fingerprint density at radius 2 is 2.00 bits per heavy atom. The Balaban J connectivity index is 1.65. The van der Waals surface area contributed by atoms with Gasteiger partial charge in [-0.15, -0.1) is 0 Å². The molecule has 0 unspecified atom stereocenters. The zero-order valence-corrected chi connectivity index (χ0v) is 15.4. The molecule has 6 nitrogen and oxygen atoms in total. The number of nitrogens with one attached hydrogen (secondary N) is 1. The summed E-state index contributed by atoms with van der Waals surface area (Å²) < 4.78 is 10.1. The molecule has 2 aromatic carbocycles. The van der Waals surface area contributed by atoms with Crippen molar-refractivity contribution in [3.8, 4) is 10.9 Å². The van der Waals surface area contributed by atoms with E-state index in [1.165, 1.54) is 17.1 Å². The van der Waals surface area contributed by atoms with Gasteiger partial charge in [0.15, 0.2) is 5.82 Å². The first-order valence-electron chi connectivity index (χ1n) is 8.22. The van der Waals surface area contributed by atoms with Gasteiger partial charge in [0.25, 0.3) is 11.1 Å². The molecule has 0 fully saturated rings. The molecule has 0 aliphatic carbocycles. The van der Waals surface area contributed by atoms with Gasteiger partial charge in [-0.05, 0) is 37.6 Å². The lowest BCUT2D eigenvalue weighted by Crippen LogP contribution is -2.23. The van der Waals surface area contributed by atoms with Gasteiger partial charge in [0.1, 0.15) is 5.75 Å². The molecule has 3 aromatic rings. The van der Waals surface area contributed by atoms with E-state index in [0.29, 0.717) is 35.4 Å². The minimum absolute atomic E-state index is 0.324. The first kappa shape index (κ1) is 18.0. The highest BCUT2D eigenvalue weighted by atomic mass is 32.1. The van der Waals surface area contributed by atoms with E-state index in [9.17, 15) is 4.79 Å². The normalized spacial score (nSPS) is 10.5. The van der Waals surface area contributed by atoms with Crippen LogP contribution >= 0.6 is 11.5 Å². The molecular formula is C19H19N3O3S. The molecule has 0 spiro atoms. The highest BCUT2D eigenvalue weighted by Crippen LogP contribution is 2.24. The molecule has 1 N–H and O–H groups in total. The third kappa shape index (κ3) is 4.87.